The summed E-state index contributed by atoms with van der Waals surface area (Å²) >= 11 is 0. The van der Waals surface area contributed by atoms with E-state index in [9.17, 15) is 29.7 Å². The van der Waals surface area contributed by atoms with E-state index in [1.54, 1.807) is 0 Å². The predicted octanol–water partition coefficient (Wildman–Crippen LogP) is 0.724. The first-order chi connectivity index (χ1) is 15.4. The smallest absolute Gasteiger partial charge is 0.513 e. The molecule has 33 heavy (non-hydrogen) atoms. The number of amides is 1. The molecule has 1 amide bonds. The van der Waals surface area contributed by atoms with Gasteiger partial charge in [-0.3, -0.25) is 14.4 Å². The van der Waals surface area contributed by atoms with Crippen LogP contribution in [-0.4, -0.2) is 64.0 Å². The molecule has 2 rings (SSSR count). The molecule has 0 saturated carbocycles. The van der Waals surface area contributed by atoms with Gasteiger partial charge in [0, 0.05) is 12.5 Å². The number of carboxylic acids is 1. The maximum Gasteiger partial charge on any atom is 0.552 e. The van der Waals surface area contributed by atoms with Crippen LogP contribution in [0.2, 0.25) is 0 Å². The topological polar surface area (TPSA) is 168 Å². The van der Waals surface area contributed by atoms with E-state index in [0.717, 1.165) is 5.56 Å². The molecule has 1 saturated heterocycles. The van der Waals surface area contributed by atoms with Crippen LogP contribution in [-0.2, 0) is 30.1 Å². The van der Waals surface area contributed by atoms with Crippen molar-refractivity contribution < 1.29 is 39.0 Å². The number of nitrogens with one attached hydrogen (secondary N) is 1. The van der Waals surface area contributed by atoms with E-state index in [-0.39, 0.29) is 12.3 Å². The molecule has 4 atom stereocenters. The zero-order valence-corrected chi connectivity index (χ0v) is 18.8. The Morgan fingerprint density at radius 2 is 1.85 bits per heavy atom. The quantitative estimate of drug-likeness (QED) is 0.222. The van der Waals surface area contributed by atoms with Crippen LogP contribution in [0.4, 0.5) is 0 Å². The summed E-state index contributed by atoms with van der Waals surface area (Å²) in [5.74, 6) is -4.39. The molecule has 10 nitrogen and oxygen atoms in total. The summed E-state index contributed by atoms with van der Waals surface area (Å²) < 4.78 is 11.0. The number of nitrogens with two attached hydrogens (primary N) is 1. The number of aliphatic hydroxyl groups is 2. The molecule has 0 aliphatic carbocycles. The van der Waals surface area contributed by atoms with Gasteiger partial charge in [-0.25, -0.2) is 0 Å². The van der Waals surface area contributed by atoms with Gasteiger partial charge in [0.05, 0.1) is 18.1 Å². The molecule has 0 aromatic heterocycles. The Morgan fingerprint density at radius 3 is 2.39 bits per heavy atom. The Hall–Kier alpha value is -2.89. The van der Waals surface area contributed by atoms with E-state index >= 15 is 0 Å². The predicted molar refractivity (Wildman–Crippen MR) is 120 cm³/mol. The number of hydrogen-bond donors (Lipinski definition) is 5. The van der Waals surface area contributed by atoms with Gasteiger partial charge in [-0.1, -0.05) is 50.8 Å². The minimum Gasteiger partial charge on any atom is -0.513 e. The highest BCUT2D eigenvalue weighted by Crippen LogP contribution is 2.34. The minimum atomic E-state index is -1.97. The van der Waals surface area contributed by atoms with Crippen LogP contribution in [0.25, 0.3) is 0 Å². The molecule has 11 heteroatoms. The van der Waals surface area contributed by atoms with Crippen molar-refractivity contribution in [3.8, 4) is 0 Å². The van der Waals surface area contributed by atoms with Crippen molar-refractivity contribution in [1.82, 2.24) is 5.32 Å². The average molecular weight is 462 g/mol. The Labute approximate surface area is 192 Å². The number of aliphatic hydroxyl groups excluding tert-OH is 2. The summed E-state index contributed by atoms with van der Waals surface area (Å²) in [5.41, 5.74) is 4.91. The Bertz CT molecular complexity index is 847. The Balaban J connectivity index is 2.15. The lowest BCUT2D eigenvalue weighted by molar-refractivity contribution is -0.152. The first kappa shape index (κ1) is 26.4. The first-order valence-corrected chi connectivity index (χ1v) is 10.7. The molecule has 4 unspecified atom stereocenters. The van der Waals surface area contributed by atoms with E-state index in [2.05, 4.69) is 11.9 Å². The summed E-state index contributed by atoms with van der Waals surface area (Å²) in [6.45, 7) is 7.04. The summed E-state index contributed by atoms with van der Waals surface area (Å²) in [4.78, 5) is 36.6. The number of rotatable bonds is 12. The van der Waals surface area contributed by atoms with Crippen LogP contribution in [0, 0.1) is 5.92 Å². The zero-order chi connectivity index (χ0) is 24.8. The van der Waals surface area contributed by atoms with Gasteiger partial charge in [-0.05, 0) is 24.3 Å². The standard InChI is InChI=1S/C22H31BN2O8/c1-13(2)9-17(23-32-21(31)22(33-23,11-14(3)26)12-18(27)28)25-20(30)19(29)16(24)10-15-7-5-4-6-8-15/h4-8,13,16-17,19,26,29H,3,9-12,24H2,1-2H3,(H,25,30)(H,27,28). The van der Waals surface area contributed by atoms with Crippen LogP contribution in [0.3, 0.4) is 0 Å². The van der Waals surface area contributed by atoms with Crippen LogP contribution in [0.15, 0.2) is 42.7 Å². The molecule has 1 fully saturated rings. The highest BCUT2D eigenvalue weighted by Gasteiger charge is 2.57. The van der Waals surface area contributed by atoms with Crippen molar-refractivity contribution in [1.29, 1.82) is 0 Å². The maximum atomic E-state index is 12.7. The van der Waals surface area contributed by atoms with Gasteiger partial charge in [0.25, 0.3) is 0 Å². The lowest BCUT2D eigenvalue weighted by Crippen LogP contribution is -2.55. The van der Waals surface area contributed by atoms with E-state index in [0.29, 0.717) is 6.42 Å². The maximum absolute atomic E-state index is 12.7. The number of aliphatic carboxylic acids is 1. The van der Waals surface area contributed by atoms with Gasteiger partial charge in [-0.2, -0.15) is 0 Å². The van der Waals surface area contributed by atoms with Crippen molar-refractivity contribution in [2.24, 2.45) is 11.7 Å². The fourth-order valence-corrected chi connectivity index (χ4v) is 3.74. The monoisotopic (exact) mass is 462 g/mol. The second-order valence-electron chi connectivity index (χ2n) is 8.74. The highest BCUT2D eigenvalue weighted by molar-refractivity contribution is 6.51. The van der Waals surface area contributed by atoms with Gasteiger partial charge >= 0.3 is 19.1 Å². The molecule has 180 valence electrons. The molecule has 0 bridgehead atoms. The fraction of sp³-hybridized carbons (Fsp3) is 0.500. The lowest BCUT2D eigenvalue weighted by atomic mass is 9.73. The molecule has 1 aromatic carbocycles. The largest absolute Gasteiger partial charge is 0.552 e. The molecular formula is C22H31BN2O8. The van der Waals surface area contributed by atoms with Crippen molar-refractivity contribution in [3.63, 3.8) is 0 Å². The number of carbonyl (C=O) groups is 3. The highest BCUT2D eigenvalue weighted by atomic mass is 16.7. The Kier molecular flexibility index (Phi) is 9.03. The van der Waals surface area contributed by atoms with Gasteiger partial charge in [-0.15, -0.1) is 0 Å². The summed E-state index contributed by atoms with van der Waals surface area (Å²) in [7, 11) is -1.32. The van der Waals surface area contributed by atoms with E-state index in [1.165, 1.54) is 0 Å². The van der Waals surface area contributed by atoms with Gasteiger partial charge < -0.3 is 35.7 Å². The van der Waals surface area contributed by atoms with Gasteiger partial charge in [0.1, 0.15) is 6.10 Å². The molecule has 0 spiro atoms. The number of carboxylic acid groups (broad SMARTS) is 1. The van der Waals surface area contributed by atoms with E-state index < -0.39 is 67.3 Å². The molecule has 1 heterocycles. The number of hydrogen-bond acceptors (Lipinski definition) is 8. The SMILES string of the molecule is C=C(O)CC1(CC(=O)O)OB(C(CC(C)C)NC(=O)C(O)C(N)Cc2ccccc2)OC1=O. The van der Waals surface area contributed by atoms with Crippen LogP contribution >= 0.6 is 0 Å². The summed E-state index contributed by atoms with van der Waals surface area (Å²) in [5, 5.41) is 31.9. The van der Waals surface area contributed by atoms with Crippen LogP contribution in [0.1, 0.15) is 38.7 Å². The van der Waals surface area contributed by atoms with Crippen LogP contribution < -0.4 is 11.1 Å². The third kappa shape index (κ3) is 7.31. The summed E-state index contributed by atoms with van der Waals surface area (Å²) in [6, 6.07) is 8.26. The number of carbonyl (C=O) groups excluding carboxylic acids is 2. The molecule has 1 aliphatic heterocycles. The first-order valence-electron chi connectivity index (χ1n) is 10.7. The van der Waals surface area contributed by atoms with E-state index in [1.807, 2.05) is 44.2 Å². The molecule has 6 N–H and O–H groups in total. The third-order valence-electron chi connectivity index (χ3n) is 5.23. The lowest BCUT2D eigenvalue weighted by Gasteiger charge is -2.26. The van der Waals surface area contributed by atoms with E-state index in [4.69, 9.17) is 15.0 Å². The van der Waals surface area contributed by atoms with Crippen molar-refractivity contribution in [2.45, 2.75) is 63.2 Å². The minimum absolute atomic E-state index is 0.0232. The number of benzene rings is 1. The van der Waals surface area contributed by atoms with Crippen molar-refractivity contribution >= 4 is 25.0 Å². The van der Waals surface area contributed by atoms with Gasteiger partial charge in [0.2, 0.25) is 5.91 Å². The Morgan fingerprint density at radius 1 is 1.21 bits per heavy atom. The van der Waals surface area contributed by atoms with Crippen LogP contribution in [0.5, 0.6) is 0 Å². The third-order valence-corrected chi connectivity index (χ3v) is 5.23. The van der Waals surface area contributed by atoms with Gasteiger partial charge in [0.15, 0.2) is 5.60 Å². The summed E-state index contributed by atoms with van der Waals surface area (Å²) in [6.07, 6.45) is -2.21. The fourth-order valence-electron chi connectivity index (χ4n) is 3.74. The van der Waals surface area contributed by atoms with Crippen molar-refractivity contribution in [3.05, 3.63) is 48.2 Å². The zero-order valence-electron chi connectivity index (χ0n) is 18.8. The molecule has 1 aliphatic rings. The molecule has 0 radical (unpaired) electrons. The second-order valence-corrected chi connectivity index (χ2v) is 8.74. The second kappa shape index (κ2) is 11.3. The van der Waals surface area contributed by atoms with Crippen molar-refractivity contribution in [2.75, 3.05) is 0 Å². The average Bonchev–Trinajstić information content (AvgIpc) is 3.01. The molecular weight excluding hydrogens is 431 g/mol. The normalized spacial score (nSPS) is 20.8. The molecule has 1 aromatic rings.